The standard InChI is InChI=1S/C16H19N3O3/c1-11-6-7-12(17-16(21)14-5-4-8-22-14)9-13(11)18-15(20)10-19(2)3/h4-9H,10H2,1-3H3,(H,17,21)(H,18,20). The third-order valence-electron chi connectivity index (χ3n) is 2.97. The number of likely N-dealkylation sites (N-methyl/N-ethyl adjacent to an activating group) is 1. The monoisotopic (exact) mass is 301 g/mol. The van der Waals surface area contributed by atoms with Crippen molar-refractivity contribution in [1.29, 1.82) is 0 Å². The first-order valence-corrected chi connectivity index (χ1v) is 6.86. The number of furan rings is 1. The molecule has 0 aliphatic heterocycles. The van der Waals surface area contributed by atoms with Crippen LogP contribution in [0.3, 0.4) is 0 Å². The first-order chi connectivity index (χ1) is 10.5. The van der Waals surface area contributed by atoms with Gasteiger partial charge in [-0.25, -0.2) is 0 Å². The van der Waals surface area contributed by atoms with E-state index < -0.39 is 0 Å². The number of aryl methyl sites for hydroxylation is 1. The first kappa shape index (κ1) is 15.8. The lowest BCUT2D eigenvalue weighted by atomic mass is 10.1. The summed E-state index contributed by atoms with van der Waals surface area (Å²) >= 11 is 0. The zero-order valence-corrected chi connectivity index (χ0v) is 12.8. The quantitative estimate of drug-likeness (QED) is 0.889. The number of amides is 2. The third kappa shape index (κ3) is 4.20. The van der Waals surface area contributed by atoms with Gasteiger partial charge in [-0.15, -0.1) is 0 Å². The predicted molar refractivity (Wildman–Crippen MR) is 85.0 cm³/mol. The Morgan fingerprint density at radius 3 is 2.59 bits per heavy atom. The molecule has 1 aromatic carbocycles. The summed E-state index contributed by atoms with van der Waals surface area (Å²) in [6.07, 6.45) is 1.44. The van der Waals surface area contributed by atoms with E-state index in [-0.39, 0.29) is 17.6 Å². The van der Waals surface area contributed by atoms with Gasteiger partial charge < -0.3 is 20.0 Å². The van der Waals surface area contributed by atoms with Crippen LogP contribution in [0.2, 0.25) is 0 Å². The van der Waals surface area contributed by atoms with Gasteiger partial charge in [-0.1, -0.05) is 6.07 Å². The molecule has 0 radical (unpaired) electrons. The Hall–Kier alpha value is -2.60. The topological polar surface area (TPSA) is 74.6 Å². The summed E-state index contributed by atoms with van der Waals surface area (Å²) in [6.45, 7) is 2.19. The maximum atomic E-state index is 11.9. The van der Waals surface area contributed by atoms with Crippen LogP contribution in [0.25, 0.3) is 0 Å². The summed E-state index contributed by atoms with van der Waals surface area (Å²) in [5.74, 6) is -0.208. The fourth-order valence-electron chi connectivity index (χ4n) is 1.91. The molecule has 22 heavy (non-hydrogen) atoms. The molecule has 0 spiro atoms. The van der Waals surface area contributed by atoms with Crippen molar-refractivity contribution in [3.8, 4) is 0 Å². The minimum Gasteiger partial charge on any atom is -0.459 e. The zero-order chi connectivity index (χ0) is 16.1. The average Bonchev–Trinajstić information content (AvgIpc) is 2.95. The molecule has 0 aliphatic carbocycles. The molecule has 0 atom stereocenters. The number of hydrogen-bond acceptors (Lipinski definition) is 4. The van der Waals surface area contributed by atoms with E-state index >= 15 is 0 Å². The van der Waals surface area contributed by atoms with E-state index in [2.05, 4.69) is 10.6 Å². The number of nitrogens with one attached hydrogen (secondary N) is 2. The summed E-state index contributed by atoms with van der Waals surface area (Å²) < 4.78 is 5.04. The molecule has 2 aromatic rings. The Balaban J connectivity index is 2.09. The molecule has 0 saturated carbocycles. The maximum Gasteiger partial charge on any atom is 0.291 e. The molecule has 0 fully saturated rings. The number of carbonyl (C=O) groups is 2. The lowest BCUT2D eigenvalue weighted by Crippen LogP contribution is -2.27. The van der Waals surface area contributed by atoms with Crippen LogP contribution in [0.15, 0.2) is 41.0 Å². The smallest absolute Gasteiger partial charge is 0.291 e. The molecule has 1 heterocycles. The van der Waals surface area contributed by atoms with Gasteiger partial charge in [0, 0.05) is 11.4 Å². The van der Waals surface area contributed by atoms with Gasteiger partial charge in [-0.05, 0) is 50.8 Å². The second-order valence-corrected chi connectivity index (χ2v) is 5.25. The average molecular weight is 301 g/mol. The van der Waals surface area contributed by atoms with Crippen LogP contribution in [0.1, 0.15) is 16.1 Å². The molecule has 2 N–H and O–H groups in total. The Morgan fingerprint density at radius 1 is 1.18 bits per heavy atom. The number of anilines is 2. The highest BCUT2D eigenvalue weighted by Crippen LogP contribution is 2.21. The highest BCUT2D eigenvalue weighted by molar-refractivity contribution is 6.03. The Kier molecular flexibility index (Phi) is 4.95. The normalized spacial score (nSPS) is 10.5. The van der Waals surface area contributed by atoms with Crippen molar-refractivity contribution in [2.24, 2.45) is 0 Å². The van der Waals surface area contributed by atoms with Crippen molar-refractivity contribution in [2.45, 2.75) is 6.92 Å². The second-order valence-electron chi connectivity index (χ2n) is 5.25. The van der Waals surface area contributed by atoms with Crippen molar-refractivity contribution >= 4 is 23.2 Å². The summed E-state index contributed by atoms with van der Waals surface area (Å²) in [4.78, 5) is 25.6. The van der Waals surface area contributed by atoms with Crippen LogP contribution >= 0.6 is 0 Å². The summed E-state index contributed by atoms with van der Waals surface area (Å²) in [5, 5.41) is 5.57. The number of carbonyl (C=O) groups excluding carboxylic acids is 2. The van der Waals surface area contributed by atoms with E-state index in [1.807, 2.05) is 27.1 Å². The van der Waals surface area contributed by atoms with Gasteiger partial charge in [-0.3, -0.25) is 9.59 Å². The molecule has 6 heteroatoms. The van der Waals surface area contributed by atoms with E-state index in [4.69, 9.17) is 4.42 Å². The molecule has 0 aliphatic rings. The Labute approximate surface area is 129 Å². The highest BCUT2D eigenvalue weighted by Gasteiger charge is 2.11. The number of rotatable bonds is 5. The van der Waals surface area contributed by atoms with E-state index in [9.17, 15) is 9.59 Å². The van der Waals surface area contributed by atoms with Crippen LogP contribution in [0.4, 0.5) is 11.4 Å². The van der Waals surface area contributed by atoms with E-state index in [0.717, 1.165) is 5.56 Å². The van der Waals surface area contributed by atoms with Gasteiger partial charge in [0.1, 0.15) is 0 Å². The fourth-order valence-corrected chi connectivity index (χ4v) is 1.91. The van der Waals surface area contributed by atoms with Gasteiger partial charge in [-0.2, -0.15) is 0 Å². The molecule has 1 aromatic heterocycles. The van der Waals surface area contributed by atoms with E-state index in [1.165, 1.54) is 6.26 Å². The van der Waals surface area contributed by atoms with Gasteiger partial charge in [0.05, 0.1) is 12.8 Å². The van der Waals surface area contributed by atoms with Crippen molar-refractivity contribution in [3.05, 3.63) is 47.9 Å². The Morgan fingerprint density at radius 2 is 1.95 bits per heavy atom. The number of hydrogen-bond donors (Lipinski definition) is 2. The Bertz CT molecular complexity index is 663. The van der Waals surface area contributed by atoms with Crippen LogP contribution < -0.4 is 10.6 Å². The second kappa shape index (κ2) is 6.91. The molecule has 6 nitrogen and oxygen atoms in total. The number of benzene rings is 1. The first-order valence-electron chi connectivity index (χ1n) is 6.86. The number of nitrogens with zero attached hydrogens (tertiary/aromatic N) is 1. The van der Waals surface area contributed by atoms with Gasteiger partial charge >= 0.3 is 0 Å². The van der Waals surface area contributed by atoms with Gasteiger partial charge in [0.15, 0.2) is 5.76 Å². The minimum atomic E-state index is -0.334. The molecule has 0 unspecified atom stereocenters. The molecule has 0 bridgehead atoms. The molecule has 0 saturated heterocycles. The zero-order valence-electron chi connectivity index (χ0n) is 12.8. The largest absolute Gasteiger partial charge is 0.459 e. The van der Waals surface area contributed by atoms with Crippen molar-refractivity contribution in [3.63, 3.8) is 0 Å². The van der Waals surface area contributed by atoms with Crippen molar-refractivity contribution in [2.75, 3.05) is 31.3 Å². The van der Waals surface area contributed by atoms with Crippen LogP contribution in [0.5, 0.6) is 0 Å². The molecule has 116 valence electrons. The van der Waals surface area contributed by atoms with Crippen LogP contribution in [0, 0.1) is 6.92 Å². The summed E-state index contributed by atoms with van der Waals surface area (Å²) in [6, 6.07) is 8.57. The lowest BCUT2D eigenvalue weighted by molar-refractivity contribution is -0.116. The molecular formula is C16H19N3O3. The van der Waals surface area contributed by atoms with Crippen molar-refractivity contribution < 1.29 is 14.0 Å². The van der Waals surface area contributed by atoms with Gasteiger partial charge in [0.25, 0.3) is 5.91 Å². The molecule has 2 rings (SSSR count). The van der Waals surface area contributed by atoms with E-state index in [1.54, 1.807) is 29.2 Å². The third-order valence-corrected chi connectivity index (χ3v) is 2.97. The van der Waals surface area contributed by atoms with Crippen LogP contribution in [-0.2, 0) is 4.79 Å². The van der Waals surface area contributed by atoms with Crippen molar-refractivity contribution in [1.82, 2.24) is 4.90 Å². The predicted octanol–water partition coefficient (Wildman–Crippen LogP) is 2.34. The lowest BCUT2D eigenvalue weighted by Gasteiger charge is -2.13. The molecular weight excluding hydrogens is 282 g/mol. The summed E-state index contributed by atoms with van der Waals surface area (Å²) in [7, 11) is 3.65. The minimum absolute atomic E-state index is 0.109. The fraction of sp³-hybridized carbons (Fsp3) is 0.250. The maximum absolute atomic E-state index is 11.9. The highest BCUT2D eigenvalue weighted by atomic mass is 16.3. The summed E-state index contributed by atoms with van der Waals surface area (Å²) in [5.41, 5.74) is 2.18. The SMILES string of the molecule is Cc1ccc(NC(=O)c2ccco2)cc1NC(=O)CN(C)C. The van der Waals surface area contributed by atoms with Crippen LogP contribution in [-0.4, -0.2) is 37.4 Å². The molecule has 2 amide bonds. The van der Waals surface area contributed by atoms with E-state index in [0.29, 0.717) is 17.9 Å². The van der Waals surface area contributed by atoms with Gasteiger partial charge in [0.2, 0.25) is 5.91 Å².